The van der Waals surface area contributed by atoms with Crippen molar-refractivity contribution in [1.29, 1.82) is 0 Å². The molecule has 0 saturated carbocycles. The van der Waals surface area contributed by atoms with Gasteiger partial charge in [-0.2, -0.15) is 0 Å². The van der Waals surface area contributed by atoms with E-state index in [4.69, 9.17) is 5.73 Å². The molecule has 0 aliphatic heterocycles. The Kier molecular flexibility index (Phi) is 5.55. The molecule has 0 amide bonds. The topological polar surface area (TPSA) is 62.4 Å². The average molecular weight is 237 g/mol. The lowest BCUT2D eigenvalue weighted by molar-refractivity contribution is 0.105. The van der Waals surface area contributed by atoms with Gasteiger partial charge in [0.1, 0.15) is 0 Å². The summed E-state index contributed by atoms with van der Waals surface area (Å²) in [5.74, 6) is 0. The third-order valence-corrected chi connectivity index (χ3v) is 3.30. The number of aliphatic hydroxyl groups excluding tert-OH is 1. The minimum absolute atomic E-state index is 0.0400. The Hall–Kier alpha value is -0.970. The van der Waals surface area contributed by atoms with Gasteiger partial charge in [0.2, 0.25) is 0 Å². The Bertz CT molecular complexity index is 318. The second-order valence-corrected chi connectivity index (χ2v) is 4.50. The van der Waals surface area contributed by atoms with E-state index in [0.29, 0.717) is 0 Å². The van der Waals surface area contributed by atoms with Crippen LogP contribution in [0.4, 0.5) is 0 Å². The van der Waals surface area contributed by atoms with E-state index < -0.39 is 0 Å². The molecule has 0 radical (unpaired) electrons. The van der Waals surface area contributed by atoms with Crippen molar-refractivity contribution >= 4 is 0 Å². The van der Waals surface area contributed by atoms with Crippen LogP contribution >= 0.6 is 0 Å². The summed E-state index contributed by atoms with van der Waals surface area (Å²) < 4.78 is 0. The third kappa shape index (κ3) is 3.49. The number of hydrogen-bond acceptors (Lipinski definition) is 4. The number of aliphatic hydroxyl groups is 1. The summed E-state index contributed by atoms with van der Waals surface area (Å²) in [7, 11) is 1.99. The second-order valence-electron chi connectivity index (χ2n) is 4.50. The molecule has 0 aliphatic carbocycles. The van der Waals surface area contributed by atoms with Crippen molar-refractivity contribution in [2.24, 2.45) is 5.73 Å². The highest BCUT2D eigenvalue weighted by atomic mass is 16.3. The van der Waals surface area contributed by atoms with E-state index in [1.54, 1.807) is 6.20 Å². The zero-order valence-electron chi connectivity index (χ0n) is 10.9. The number of pyridine rings is 1. The molecule has 1 rings (SSSR count). The van der Waals surface area contributed by atoms with Crippen LogP contribution in [-0.4, -0.2) is 40.7 Å². The number of nitrogens with zero attached hydrogens (tertiary/aromatic N) is 2. The van der Waals surface area contributed by atoms with Crippen molar-refractivity contribution in [1.82, 2.24) is 9.88 Å². The van der Waals surface area contributed by atoms with Crippen LogP contribution in [0.25, 0.3) is 0 Å². The van der Waals surface area contributed by atoms with Crippen LogP contribution in [0.1, 0.15) is 31.9 Å². The molecule has 17 heavy (non-hydrogen) atoms. The SMILES string of the molecule is CCC(N)C(c1cccnc1)N(C)C(C)CO. The first-order valence-electron chi connectivity index (χ1n) is 6.10. The van der Waals surface area contributed by atoms with Gasteiger partial charge in [-0.1, -0.05) is 13.0 Å². The van der Waals surface area contributed by atoms with E-state index in [1.807, 2.05) is 32.3 Å². The average Bonchev–Trinajstić information content (AvgIpc) is 2.38. The fourth-order valence-corrected chi connectivity index (χ4v) is 1.96. The highest BCUT2D eigenvalue weighted by Crippen LogP contribution is 2.24. The van der Waals surface area contributed by atoms with Gasteiger partial charge >= 0.3 is 0 Å². The molecular weight excluding hydrogens is 214 g/mol. The number of nitrogens with two attached hydrogens (primary N) is 1. The highest BCUT2D eigenvalue weighted by Gasteiger charge is 2.26. The van der Waals surface area contributed by atoms with Crippen LogP contribution < -0.4 is 5.73 Å². The lowest BCUT2D eigenvalue weighted by Gasteiger charge is -2.36. The lowest BCUT2D eigenvalue weighted by atomic mass is 9.97. The van der Waals surface area contributed by atoms with Gasteiger partial charge in [-0.25, -0.2) is 0 Å². The first-order valence-corrected chi connectivity index (χ1v) is 6.10. The number of aromatic nitrogens is 1. The van der Waals surface area contributed by atoms with E-state index in [2.05, 4.69) is 16.8 Å². The highest BCUT2D eigenvalue weighted by molar-refractivity contribution is 5.16. The standard InChI is InChI=1S/C13H23N3O/c1-4-12(14)13(16(3)10(2)9-17)11-6-5-7-15-8-11/h5-8,10,12-13,17H,4,9,14H2,1-3H3. The second kappa shape index (κ2) is 6.69. The quantitative estimate of drug-likeness (QED) is 0.779. The molecule has 0 aromatic carbocycles. The zero-order valence-corrected chi connectivity index (χ0v) is 10.9. The summed E-state index contributed by atoms with van der Waals surface area (Å²) in [6.45, 7) is 4.20. The largest absolute Gasteiger partial charge is 0.395 e. The van der Waals surface area contributed by atoms with Gasteiger partial charge in [0.15, 0.2) is 0 Å². The molecule has 1 aromatic heterocycles. The normalized spacial score (nSPS) is 16.8. The first-order chi connectivity index (χ1) is 8.11. The van der Waals surface area contributed by atoms with Crippen LogP contribution in [0.3, 0.4) is 0 Å². The number of hydrogen-bond donors (Lipinski definition) is 2. The van der Waals surface area contributed by atoms with Crippen molar-refractivity contribution in [3.05, 3.63) is 30.1 Å². The first kappa shape index (κ1) is 14.1. The summed E-state index contributed by atoms with van der Waals surface area (Å²) in [5.41, 5.74) is 7.29. The predicted molar refractivity (Wildman–Crippen MR) is 69.6 cm³/mol. The number of likely N-dealkylation sites (N-methyl/N-ethyl adjacent to an activating group) is 1. The third-order valence-electron chi connectivity index (χ3n) is 3.30. The van der Waals surface area contributed by atoms with Crippen molar-refractivity contribution < 1.29 is 5.11 Å². The summed E-state index contributed by atoms with van der Waals surface area (Å²) >= 11 is 0. The van der Waals surface area contributed by atoms with Crippen molar-refractivity contribution in [2.75, 3.05) is 13.7 Å². The monoisotopic (exact) mass is 237 g/mol. The van der Waals surface area contributed by atoms with Crippen LogP contribution in [0, 0.1) is 0 Å². The zero-order chi connectivity index (χ0) is 12.8. The Morgan fingerprint density at radius 1 is 1.53 bits per heavy atom. The summed E-state index contributed by atoms with van der Waals surface area (Å²) in [6, 6.07) is 4.17. The molecular formula is C13H23N3O. The molecule has 0 saturated heterocycles. The van der Waals surface area contributed by atoms with Crippen LogP contribution in [-0.2, 0) is 0 Å². The maximum atomic E-state index is 9.26. The molecule has 0 fully saturated rings. The molecule has 0 spiro atoms. The maximum absolute atomic E-state index is 9.26. The molecule has 4 heteroatoms. The molecule has 3 unspecified atom stereocenters. The molecule has 1 heterocycles. The fraction of sp³-hybridized carbons (Fsp3) is 0.615. The molecule has 3 atom stereocenters. The molecule has 0 bridgehead atoms. The molecule has 1 aromatic rings. The summed E-state index contributed by atoms with van der Waals surface area (Å²) in [4.78, 5) is 6.26. The van der Waals surface area contributed by atoms with Crippen molar-refractivity contribution in [3.8, 4) is 0 Å². The lowest BCUT2D eigenvalue weighted by Crippen LogP contribution is -2.44. The summed E-state index contributed by atoms with van der Waals surface area (Å²) in [5, 5.41) is 9.26. The van der Waals surface area contributed by atoms with E-state index in [1.165, 1.54) is 0 Å². The molecule has 96 valence electrons. The Labute approximate surface area is 103 Å². The molecule has 0 aliphatic rings. The molecule has 3 N–H and O–H groups in total. The van der Waals surface area contributed by atoms with Crippen LogP contribution in [0.5, 0.6) is 0 Å². The van der Waals surface area contributed by atoms with E-state index in [9.17, 15) is 5.11 Å². The van der Waals surface area contributed by atoms with Crippen LogP contribution in [0.15, 0.2) is 24.5 Å². The Morgan fingerprint density at radius 2 is 2.24 bits per heavy atom. The van der Waals surface area contributed by atoms with Crippen LogP contribution in [0.2, 0.25) is 0 Å². The maximum Gasteiger partial charge on any atom is 0.0584 e. The van der Waals surface area contributed by atoms with Gasteiger partial charge in [-0.3, -0.25) is 9.88 Å². The van der Waals surface area contributed by atoms with Gasteiger partial charge in [-0.05, 0) is 32.0 Å². The Balaban J connectivity index is 2.96. The van der Waals surface area contributed by atoms with Gasteiger partial charge in [0, 0.05) is 24.5 Å². The molecule has 4 nitrogen and oxygen atoms in total. The minimum atomic E-state index is 0.0400. The Morgan fingerprint density at radius 3 is 2.71 bits per heavy atom. The van der Waals surface area contributed by atoms with E-state index in [0.717, 1.165) is 12.0 Å². The predicted octanol–water partition coefficient (Wildman–Crippen LogP) is 1.17. The van der Waals surface area contributed by atoms with E-state index >= 15 is 0 Å². The fourth-order valence-electron chi connectivity index (χ4n) is 1.96. The van der Waals surface area contributed by atoms with Gasteiger partial charge in [0.25, 0.3) is 0 Å². The van der Waals surface area contributed by atoms with Gasteiger partial charge < -0.3 is 10.8 Å². The van der Waals surface area contributed by atoms with Gasteiger partial charge in [0.05, 0.1) is 12.6 Å². The summed E-state index contributed by atoms with van der Waals surface area (Å²) in [6.07, 6.45) is 4.50. The smallest absolute Gasteiger partial charge is 0.0584 e. The van der Waals surface area contributed by atoms with Crippen molar-refractivity contribution in [2.45, 2.75) is 38.4 Å². The van der Waals surface area contributed by atoms with Crippen molar-refractivity contribution in [3.63, 3.8) is 0 Å². The minimum Gasteiger partial charge on any atom is -0.395 e. The van der Waals surface area contributed by atoms with Gasteiger partial charge in [-0.15, -0.1) is 0 Å². The van der Waals surface area contributed by atoms with E-state index in [-0.39, 0.29) is 24.7 Å². The number of rotatable bonds is 6.